The van der Waals surface area contributed by atoms with Crippen LogP contribution in [0.2, 0.25) is 0 Å². The number of hydrogen-bond acceptors (Lipinski definition) is 6. The smallest absolute Gasteiger partial charge is 0.372 e. The second-order valence-electron chi connectivity index (χ2n) is 5.46. The van der Waals surface area contributed by atoms with Crippen LogP contribution in [-0.2, 0) is 6.54 Å². The van der Waals surface area contributed by atoms with Crippen LogP contribution < -0.4 is 11.4 Å². The summed E-state index contributed by atoms with van der Waals surface area (Å²) in [5, 5.41) is 5.26. The number of aromatic nitrogens is 3. The zero-order valence-electron chi connectivity index (χ0n) is 14.4. The molecule has 0 amide bonds. The van der Waals surface area contributed by atoms with E-state index in [1.165, 1.54) is 23.6 Å². The number of nitrogens with zero attached hydrogens (tertiary/aromatic N) is 3. The summed E-state index contributed by atoms with van der Waals surface area (Å²) in [5.41, 5.74) is 1.06. The molecule has 0 aliphatic rings. The van der Waals surface area contributed by atoms with Gasteiger partial charge in [-0.3, -0.25) is 4.57 Å². The van der Waals surface area contributed by atoms with Crippen molar-refractivity contribution in [3.63, 3.8) is 0 Å². The Morgan fingerprint density at radius 1 is 1.28 bits per heavy atom. The van der Waals surface area contributed by atoms with E-state index < -0.39 is 11.4 Å². The van der Waals surface area contributed by atoms with Crippen molar-refractivity contribution in [1.82, 2.24) is 14.7 Å². The van der Waals surface area contributed by atoms with E-state index in [9.17, 15) is 9.59 Å². The maximum absolute atomic E-state index is 11.9. The normalized spacial score (nSPS) is 10.6. The SMILES string of the molecule is CCCCBr.Cc1noc(C)c1Cn1c(=O)oc(=O)c2cccnc21. The van der Waals surface area contributed by atoms with Gasteiger partial charge < -0.3 is 8.94 Å². The maximum Gasteiger partial charge on any atom is 0.423 e. The number of fused-ring (bicyclic) bond motifs is 1. The van der Waals surface area contributed by atoms with E-state index in [4.69, 9.17) is 8.94 Å². The fourth-order valence-electron chi connectivity index (χ4n) is 2.21. The van der Waals surface area contributed by atoms with Crippen LogP contribution in [0.5, 0.6) is 0 Å². The van der Waals surface area contributed by atoms with Crippen LogP contribution in [0.25, 0.3) is 11.0 Å². The van der Waals surface area contributed by atoms with Gasteiger partial charge in [0.05, 0.1) is 12.2 Å². The Hall–Kier alpha value is -2.22. The predicted octanol–water partition coefficient (Wildman–Crippen LogP) is 3.18. The largest absolute Gasteiger partial charge is 0.423 e. The third-order valence-corrected chi connectivity index (χ3v) is 4.21. The second kappa shape index (κ2) is 8.75. The molecular weight excluding hydrogens is 390 g/mol. The lowest BCUT2D eigenvalue weighted by Gasteiger charge is -2.06. The van der Waals surface area contributed by atoms with Crippen LogP contribution in [0, 0.1) is 13.8 Å². The van der Waals surface area contributed by atoms with Crippen LogP contribution >= 0.6 is 15.9 Å². The molecule has 0 fully saturated rings. The Kier molecular flexibility index (Phi) is 6.69. The van der Waals surface area contributed by atoms with Crippen molar-refractivity contribution in [3.05, 3.63) is 56.3 Å². The van der Waals surface area contributed by atoms with Crippen LogP contribution in [0.15, 0.2) is 36.9 Å². The molecule has 0 spiro atoms. The Morgan fingerprint density at radius 3 is 2.60 bits per heavy atom. The van der Waals surface area contributed by atoms with E-state index in [1.54, 1.807) is 26.0 Å². The standard InChI is InChI=1S/C13H11N3O4.C4H9Br/c1-7-10(8(2)20-15-7)6-16-11-9(4-3-5-14-11)12(17)19-13(16)18;1-2-3-4-5/h3-5H,6H2,1-2H3;2-4H2,1H3. The average molecular weight is 410 g/mol. The molecule has 0 unspecified atom stereocenters. The van der Waals surface area contributed by atoms with Gasteiger partial charge in [-0.15, -0.1) is 0 Å². The van der Waals surface area contributed by atoms with Gasteiger partial charge in [0.25, 0.3) is 0 Å². The van der Waals surface area contributed by atoms with Gasteiger partial charge in [0, 0.05) is 17.1 Å². The van der Waals surface area contributed by atoms with Crippen molar-refractivity contribution in [1.29, 1.82) is 0 Å². The Morgan fingerprint density at radius 2 is 2.04 bits per heavy atom. The first kappa shape index (κ1) is 19.1. The number of pyridine rings is 1. The first-order chi connectivity index (χ1) is 12.0. The third kappa shape index (κ3) is 4.45. The minimum absolute atomic E-state index is 0.192. The summed E-state index contributed by atoms with van der Waals surface area (Å²) < 4.78 is 11.1. The van der Waals surface area contributed by atoms with Crippen molar-refractivity contribution in [3.8, 4) is 0 Å². The van der Waals surface area contributed by atoms with Crippen molar-refractivity contribution in [2.24, 2.45) is 0 Å². The monoisotopic (exact) mass is 409 g/mol. The van der Waals surface area contributed by atoms with E-state index >= 15 is 0 Å². The summed E-state index contributed by atoms with van der Waals surface area (Å²) in [6.45, 7) is 5.92. The molecule has 7 nitrogen and oxygen atoms in total. The molecule has 25 heavy (non-hydrogen) atoms. The van der Waals surface area contributed by atoms with E-state index in [0.717, 1.165) is 10.9 Å². The van der Waals surface area contributed by atoms with E-state index in [1.807, 2.05) is 0 Å². The summed E-state index contributed by atoms with van der Waals surface area (Å²) in [7, 11) is 0. The lowest BCUT2D eigenvalue weighted by atomic mass is 10.2. The molecule has 0 aliphatic heterocycles. The summed E-state index contributed by atoms with van der Waals surface area (Å²) in [5.74, 6) is -0.133. The quantitative estimate of drug-likeness (QED) is 0.614. The number of rotatable bonds is 4. The number of unbranched alkanes of at least 4 members (excludes halogenated alkanes) is 1. The first-order valence-corrected chi connectivity index (χ1v) is 9.08. The zero-order valence-corrected chi connectivity index (χ0v) is 16.0. The minimum Gasteiger partial charge on any atom is -0.372 e. The van der Waals surface area contributed by atoms with Gasteiger partial charge in [0.15, 0.2) is 5.65 Å². The van der Waals surface area contributed by atoms with Gasteiger partial charge in [0.2, 0.25) is 0 Å². The maximum atomic E-state index is 11.9. The summed E-state index contributed by atoms with van der Waals surface area (Å²) in [4.78, 5) is 27.6. The molecule has 0 aliphatic carbocycles. The molecular formula is C17H20BrN3O4. The molecule has 0 saturated carbocycles. The molecule has 3 rings (SSSR count). The lowest BCUT2D eigenvalue weighted by Crippen LogP contribution is -2.26. The highest BCUT2D eigenvalue weighted by molar-refractivity contribution is 9.09. The minimum atomic E-state index is -0.749. The van der Waals surface area contributed by atoms with Crippen LogP contribution in [0.3, 0.4) is 0 Å². The third-order valence-electron chi connectivity index (χ3n) is 3.65. The van der Waals surface area contributed by atoms with Gasteiger partial charge in [-0.1, -0.05) is 34.4 Å². The number of hydrogen-bond donors (Lipinski definition) is 0. The van der Waals surface area contributed by atoms with Crippen LogP contribution in [0.4, 0.5) is 0 Å². The van der Waals surface area contributed by atoms with Gasteiger partial charge in [0.1, 0.15) is 11.1 Å². The van der Waals surface area contributed by atoms with Crippen molar-refractivity contribution >= 4 is 27.0 Å². The highest BCUT2D eigenvalue weighted by Crippen LogP contribution is 2.14. The van der Waals surface area contributed by atoms with E-state index in [2.05, 4.69) is 33.0 Å². The molecule has 0 bridgehead atoms. The molecule has 0 saturated heterocycles. The number of aryl methyl sites for hydroxylation is 2. The van der Waals surface area contributed by atoms with E-state index in [-0.39, 0.29) is 17.6 Å². The van der Waals surface area contributed by atoms with Gasteiger partial charge in [-0.05, 0) is 32.4 Å². The second-order valence-corrected chi connectivity index (χ2v) is 6.25. The molecule has 3 aromatic heterocycles. The van der Waals surface area contributed by atoms with E-state index in [0.29, 0.717) is 11.5 Å². The highest BCUT2D eigenvalue weighted by atomic mass is 79.9. The molecule has 0 N–H and O–H groups in total. The zero-order chi connectivity index (χ0) is 18.4. The fourth-order valence-corrected chi connectivity index (χ4v) is 2.77. The highest BCUT2D eigenvalue weighted by Gasteiger charge is 2.15. The summed E-state index contributed by atoms with van der Waals surface area (Å²) in [6, 6.07) is 3.18. The van der Waals surface area contributed by atoms with Crippen molar-refractivity contribution in [2.45, 2.75) is 40.2 Å². The molecule has 0 aromatic carbocycles. The van der Waals surface area contributed by atoms with Crippen LogP contribution in [0.1, 0.15) is 36.8 Å². The van der Waals surface area contributed by atoms with Gasteiger partial charge in [-0.2, -0.15) is 0 Å². The summed E-state index contributed by atoms with van der Waals surface area (Å²) >= 11 is 3.31. The Bertz CT molecular complexity index is 937. The van der Waals surface area contributed by atoms with Gasteiger partial charge in [-0.25, -0.2) is 14.6 Å². The average Bonchev–Trinajstić information content (AvgIpc) is 2.91. The first-order valence-electron chi connectivity index (χ1n) is 7.96. The molecule has 0 atom stereocenters. The number of alkyl halides is 1. The Balaban J connectivity index is 0.000000399. The topological polar surface area (TPSA) is 91.1 Å². The molecule has 3 aromatic rings. The van der Waals surface area contributed by atoms with Crippen molar-refractivity contribution in [2.75, 3.05) is 5.33 Å². The van der Waals surface area contributed by atoms with Crippen LogP contribution in [-0.4, -0.2) is 20.0 Å². The molecule has 8 heteroatoms. The number of halogens is 1. The fraction of sp³-hybridized carbons (Fsp3) is 0.412. The lowest BCUT2D eigenvalue weighted by molar-refractivity contribution is 0.390. The summed E-state index contributed by atoms with van der Waals surface area (Å²) in [6.07, 6.45) is 4.12. The molecule has 3 heterocycles. The van der Waals surface area contributed by atoms with Gasteiger partial charge >= 0.3 is 11.4 Å². The predicted molar refractivity (Wildman–Crippen MR) is 98.3 cm³/mol. The van der Waals surface area contributed by atoms with Crippen molar-refractivity contribution < 1.29 is 8.94 Å². The Labute approximate surface area is 152 Å². The molecule has 134 valence electrons. The molecule has 0 radical (unpaired) electrons.